The van der Waals surface area contributed by atoms with Crippen molar-refractivity contribution in [2.75, 3.05) is 0 Å². The van der Waals surface area contributed by atoms with Gasteiger partial charge in [0.05, 0.1) is 5.56 Å². The lowest BCUT2D eigenvalue weighted by atomic mass is 9.77. The highest BCUT2D eigenvalue weighted by Crippen LogP contribution is 2.33. The van der Waals surface area contributed by atoms with Crippen molar-refractivity contribution >= 4 is 11.8 Å². The van der Waals surface area contributed by atoms with Crippen LogP contribution in [0.4, 0.5) is 0 Å². The van der Waals surface area contributed by atoms with E-state index in [1.54, 1.807) is 6.20 Å². The van der Waals surface area contributed by atoms with Crippen molar-refractivity contribution in [1.82, 2.24) is 20.2 Å². The van der Waals surface area contributed by atoms with Crippen LogP contribution in [0.1, 0.15) is 77.8 Å². The van der Waals surface area contributed by atoms with Gasteiger partial charge in [-0.2, -0.15) is 5.10 Å². The van der Waals surface area contributed by atoms with Gasteiger partial charge in [0.1, 0.15) is 5.82 Å². The first-order chi connectivity index (χ1) is 15.5. The van der Waals surface area contributed by atoms with Crippen molar-refractivity contribution in [2.24, 2.45) is 11.8 Å². The molecule has 0 amide bonds. The first-order valence-electron chi connectivity index (χ1n) is 11.3. The molecule has 1 fully saturated rings. The molecule has 32 heavy (non-hydrogen) atoms. The van der Waals surface area contributed by atoms with Crippen LogP contribution in [0, 0.1) is 11.8 Å². The van der Waals surface area contributed by atoms with E-state index < -0.39 is 5.97 Å². The monoisotopic (exact) mass is 432 g/mol. The van der Waals surface area contributed by atoms with Gasteiger partial charge in [0.15, 0.2) is 0 Å². The topological polar surface area (TPSA) is 109 Å². The summed E-state index contributed by atoms with van der Waals surface area (Å²) in [6.07, 6.45) is 10.1. The Balaban J connectivity index is 1.43. The van der Waals surface area contributed by atoms with E-state index in [1.165, 1.54) is 25.1 Å². The Kier molecular flexibility index (Phi) is 6.73. The van der Waals surface area contributed by atoms with E-state index in [0.717, 1.165) is 36.8 Å². The van der Waals surface area contributed by atoms with E-state index in [0.29, 0.717) is 29.6 Å². The van der Waals surface area contributed by atoms with Crippen LogP contribution < -0.4 is 0 Å². The Morgan fingerprint density at radius 1 is 1.16 bits per heavy atom. The van der Waals surface area contributed by atoms with Crippen LogP contribution in [0.5, 0.6) is 0 Å². The van der Waals surface area contributed by atoms with Crippen LogP contribution in [0.15, 0.2) is 42.7 Å². The van der Waals surface area contributed by atoms with Crippen molar-refractivity contribution in [3.63, 3.8) is 0 Å². The Labute approximate surface area is 187 Å². The molecule has 2 N–H and O–H groups in total. The summed E-state index contributed by atoms with van der Waals surface area (Å²) < 4.78 is 0. The molecule has 1 aliphatic carbocycles. The molecule has 2 unspecified atom stereocenters. The number of rotatable bonds is 8. The average Bonchev–Trinajstić information content (AvgIpc) is 3.28. The fraction of sp³-hybridized carbons (Fsp3) is 0.400. The lowest BCUT2D eigenvalue weighted by Crippen LogP contribution is -2.24. The van der Waals surface area contributed by atoms with Crippen molar-refractivity contribution in [2.45, 2.75) is 51.9 Å². The minimum absolute atomic E-state index is 0.0335. The number of nitrogens with zero attached hydrogens (tertiary/aromatic N) is 3. The largest absolute Gasteiger partial charge is 0.478 e. The number of aromatic nitrogens is 4. The lowest BCUT2D eigenvalue weighted by molar-refractivity contribution is 0.0697. The molecule has 0 saturated heterocycles. The number of aromatic carboxylic acids is 1. The van der Waals surface area contributed by atoms with Crippen LogP contribution in [0.2, 0.25) is 0 Å². The summed E-state index contributed by atoms with van der Waals surface area (Å²) in [6, 6.07) is 9.09. The summed E-state index contributed by atoms with van der Waals surface area (Å²) >= 11 is 0. The fourth-order valence-corrected chi connectivity index (χ4v) is 4.67. The Bertz CT molecular complexity index is 1090. The zero-order valence-electron chi connectivity index (χ0n) is 18.3. The molecule has 7 nitrogen and oxygen atoms in total. The second-order valence-corrected chi connectivity index (χ2v) is 8.59. The molecule has 0 radical (unpaired) electrons. The molecule has 2 aromatic heterocycles. The molecule has 4 rings (SSSR count). The SMILES string of the molecule is CCCC1CCCC(C(=O)c2n[nH]c(Cc3ccc(-c4cnccc4C(=O)O)cc3)n2)C1. The second kappa shape index (κ2) is 9.85. The molecule has 1 aliphatic rings. The number of nitrogens with one attached hydrogen (secondary N) is 1. The molecular weight excluding hydrogens is 404 g/mol. The van der Waals surface area contributed by atoms with E-state index >= 15 is 0 Å². The van der Waals surface area contributed by atoms with Crippen molar-refractivity contribution in [3.8, 4) is 11.1 Å². The van der Waals surface area contributed by atoms with Gasteiger partial charge < -0.3 is 5.11 Å². The van der Waals surface area contributed by atoms with Crippen LogP contribution in [0.25, 0.3) is 11.1 Å². The minimum Gasteiger partial charge on any atom is -0.478 e. The minimum atomic E-state index is -0.982. The smallest absolute Gasteiger partial charge is 0.336 e. The number of aromatic amines is 1. The molecule has 2 atom stereocenters. The number of H-pyrrole nitrogens is 1. The summed E-state index contributed by atoms with van der Waals surface area (Å²) in [5.41, 5.74) is 2.57. The van der Waals surface area contributed by atoms with Gasteiger partial charge in [0.2, 0.25) is 11.6 Å². The number of ketones is 1. The molecule has 0 spiro atoms. The van der Waals surface area contributed by atoms with Gasteiger partial charge in [-0.05, 0) is 36.0 Å². The summed E-state index contributed by atoms with van der Waals surface area (Å²) in [5, 5.41) is 16.5. The molecule has 7 heteroatoms. The van der Waals surface area contributed by atoms with Gasteiger partial charge in [-0.1, -0.05) is 56.9 Å². The molecular formula is C25H28N4O3. The summed E-state index contributed by atoms with van der Waals surface area (Å²) in [4.78, 5) is 32.9. The Morgan fingerprint density at radius 2 is 1.97 bits per heavy atom. The highest BCUT2D eigenvalue weighted by atomic mass is 16.4. The number of hydrogen-bond acceptors (Lipinski definition) is 5. The molecule has 3 aromatic rings. The maximum atomic E-state index is 12.9. The zero-order chi connectivity index (χ0) is 22.5. The quantitative estimate of drug-likeness (QED) is 0.488. The van der Waals surface area contributed by atoms with E-state index in [2.05, 4.69) is 27.1 Å². The maximum absolute atomic E-state index is 12.9. The number of Topliss-reactive ketones (excluding diaryl/α,β-unsaturated/α-hetero) is 1. The Morgan fingerprint density at radius 3 is 2.72 bits per heavy atom. The number of pyridine rings is 1. The van der Waals surface area contributed by atoms with Crippen LogP contribution in [-0.4, -0.2) is 37.0 Å². The number of carbonyl (C=O) groups is 2. The highest BCUT2D eigenvalue weighted by Gasteiger charge is 2.29. The third kappa shape index (κ3) is 4.93. The Hall–Kier alpha value is -3.35. The van der Waals surface area contributed by atoms with Crippen LogP contribution >= 0.6 is 0 Å². The van der Waals surface area contributed by atoms with Gasteiger partial charge in [-0.25, -0.2) is 9.78 Å². The number of benzene rings is 1. The van der Waals surface area contributed by atoms with Crippen molar-refractivity contribution in [3.05, 3.63) is 65.5 Å². The van der Waals surface area contributed by atoms with Crippen molar-refractivity contribution in [1.29, 1.82) is 0 Å². The first-order valence-corrected chi connectivity index (χ1v) is 11.3. The highest BCUT2D eigenvalue weighted by molar-refractivity contribution is 5.95. The number of carboxylic acids is 1. The fourth-order valence-electron chi connectivity index (χ4n) is 4.67. The lowest BCUT2D eigenvalue weighted by Gasteiger charge is -2.27. The normalized spacial score (nSPS) is 18.4. The molecule has 1 saturated carbocycles. The van der Waals surface area contributed by atoms with Crippen molar-refractivity contribution < 1.29 is 14.7 Å². The van der Waals surface area contributed by atoms with Gasteiger partial charge in [-0.3, -0.25) is 14.9 Å². The predicted molar refractivity (Wildman–Crippen MR) is 121 cm³/mol. The van der Waals surface area contributed by atoms with Crippen LogP contribution in [-0.2, 0) is 6.42 Å². The van der Waals surface area contributed by atoms with E-state index in [1.807, 2.05) is 24.3 Å². The molecule has 0 bridgehead atoms. The van der Waals surface area contributed by atoms with Gasteiger partial charge in [-0.15, -0.1) is 0 Å². The summed E-state index contributed by atoms with van der Waals surface area (Å²) in [7, 11) is 0. The zero-order valence-corrected chi connectivity index (χ0v) is 18.3. The standard InChI is InChI=1S/C25H28N4O3/c1-2-4-16-5-3-6-19(13-16)23(30)24-27-22(28-29-24)14-17-7-9-18(10-8-17)21-15-26-12-11-20(21)25(31)32/h7-12,15-16,19H,2-6,13-14H2,1H3,(H,31,32)(H,27,28,29). The maximum Gasteiger partial charge on any atom is 0.336 e. The molecule has 166 valence electrons. The average molecular weight is 433 g/mol. The summed E-state index contributed by atoms with van der Waals surface area (Å²) in [5.74, 6) is 0.688. The number of hydrogen-bond donors (Lipinski definition) is 2. The van der Waals surface area contributed by atoms with E-state index in [-0.39, 0.29) is 17.3 Å². The van der Waals surface area contributed by atoms with Crippen LogP contribution in [0.3, 0.4) is 0 Å². The first kappa shape index (κ1) is 21.9. The van der Waals surface area contributed by atoms with E-state index in [4.69, 9.17) is 0 Å². The third-order valence-electron chi connectivity index (χ3n) is 6.29. The number of carbonyl (C=O) groups excluding carboxylic acids is 1. The second-order valence-electron chi connectivity index (χ2n) is 8.59. The van der Waals surface area contributed by atoms with Gasteiger partial charge >= 0.3 is 5.97 Å². The molecule has 2 heterocycles. The molecule has 0 aliphatic heterocycles. The third-order valence-corrected chi connectivity index (χ3v) is 6.29. The molecule has 1 aromatic carbocycles. The number of carboxylic acid groups (broad SMARTS) is 1. The van der Waals surface area contributed by atoms with E-state index in [9.17, 15) is 14.7 Å². The van der Waals surface area contributed by atoms with Gasteiger partial charge in [0, 0.05) is 30.3 Å². The van der Waals surface area contributed by atoms with Gasteiger partial charge in [0.25, 0.3) is 0 Å². The summed E-state index contributed by atoms with van der Waals surface area (Å²) in [6.45, 7) is 2.20. The predicted octanol–water partition coefficient (Wildman–Crippen LogP) is 4.94.